The van der Waals surface area contributed by atoms with E-state index < -0.39 is 0 Å². The predicted molar refractivity (Wildman–Crippen MR) is 53.6 cm³/mol. The molecule has 0 aliphatic carbocycles. The number of carbonyl (C=O) groups is 1. The molecule has 0 bridgehead atoms. The first kappa shape index (κ1) is 10.4. The van der Waals surface area contributed by atoms with Crippen LogP contribution in [0.15, 0.2) is 0 Å². The van der Waals surface area contributed by atoms with Crippen molar-refractivity contribution in [2.75, 3.05) is 14.1 Å². The lowest BCUT2D eigenvalue weighted by Crippen LogP contribution is -2.43. The summed E-state index contributed by atoms with van der Waals surface area (Å²) in [5, 5.41) is 0. The molecule has 3 nitrogen and oxygen atoms in total. The Kier molecular flexibility index (Phi) is 2.30. The van der Waals surface area contributed by atoms with Crippen LogP contribution in [0.5, 0.6) is 0 Å². The fraction of sp³-hybridized carbons (Fsp3) is 0.900. The van der Waals surface area contributed by atoms with Gasteiger partial charge in [0.2, 0.25) is 0 Å². The molecule has 1 aliphatic heterocycles. The predicted octanol–water partition coefficient (Wildman–Crippen LogP) is 1.79. The molecule has 2 atom stereocenters. The highest BCUT2D eigenvalue weighted by atomic mass is 16.2. The van der Waals surface area contributed by atoms with Crippen molar-refractivity contribution in [1.82, 2.24) is 9.80 Å². The van der Waals surface area contributed by atoms with Crippen molar-refractivity contribution in [3.05, 3.63) is 0 Å². The second kappa shape index (κ2) is 2.89. The molecule has 1 heterocycles. The zero-order valence-electron chi connectivity index (χ0n) is 9.46. The van der Waals surface area contributed by atoms with Crippen LogP contribution in [0.4, 0.5) is 4.79 Å². The molecule has 1 fully saturated rings. The Morgan fingerprint density at radius 2 is 1.62 bits per heavy atom. The molecule has 0 aromatic heterocycles. The third-order valence-corrected chi connectivity index (χ3v) is 2.98. The van der Waals surface area contributed by atoms with Crippen LogP contribution in [0.3, 0.4) is 0 Å². The molecule has 0 N–H and O–H groups in total. The largest absolute Gasteiger partial charge is 0.323 e. The fourth-order valence-corrected chi connectivity index (χ4v) is 2.38. The lowest BCUT2D eigenvalue weighted by molar-refractivity contribution is 0.160. The molecule has 0 radical (unpaired) electrons. The minimum atomic E-state index is 0.132. The van der Waals surface area contributed by atoms with Gasteiger partial charge in [0.1, 0.15) is 0 Å². The molecule has 1 rings (SSSR count). The van der Waals surface area contributed by atoms with E-state index in [1.807, 2.05) is 23.9 Å². The Bertz CT molecular complexity index is 219. The Morgan fingerprint density at radius 1 is 1.15 bits per heavy atom. The Labute approximate surface area is 80.7 Å². The highest BCUT2D eigenvalue weighted by Gasteiger charge is 2.44. The van der Waals surface area contributed by atoms with Crippen LogP contribution in [-0.2, 0) is 0 Å². The smallest absolute Gasteiger partial charge is 0.320 e. The monoisotopic (exact) mass is 184 g/mol. The molecule has 0 aromatic rings. The average molecular weight is 184 g/mol. The number of hydrogen-bond acceptors (Lipinski definition) is 1. The van der Waals surface area contributed by atoms with Gasteiger partial charge in [-0.1, -0.05) is 20.8 Å². The Balaban J connectivity index is 2.94. The summed E-state index contributed by atoms with van der Waals surface area (Å²) in [6.07, 6.45) is 0. The lowest BCUT2D eigenvalue weighted by atomic mass is 9.83. The minimum absolute atomic E-state index is 0.132. The van der Waals surface area contributed by atoms with Crippen LogP contribution in [0, 0.1) is 5.41 Å². The van der Waals surface area contributed by atoms with E-state index in [0.29, 0.717) is 12.1 Å². The number of likely N-dealkylation sites (N-methyl/N-ethyl adjacent to an activating group) is 2. The normalized spacial score (nSPS) is 30.2. The third-order valence-electron chi connectivity index (χ3n) is 2.98. The van der Waals surface area contributed by atoms with E-state index in [0.717, 1.165) is 0 Å². The van der Waals surface area contributed by atoms with E-state index >= 15 is 0 Å². The van der Waals surface area contributed by atoms with Crippen molar-refractivity contribution in [2.45, 2.75) is 39.8 Å². The van der Waals surface area contributed by atoms with Gasteiger partial charge in [0.25, 0.3) is 0 Å². The van der Waals surface area contributed by atoms with Crippen LogP contribution in [0.25, 0.3) is 0 Å². The van der Waals surface area contributed by atoms with Gasteiger partial charge in [-0.05, 0) is 12.3 Å². The van der Waals surface area contributed by atoms with E-state index in [-0.39, 0.29) is 11.4 Å². The van der Waals surface area contributed by atoms with Crippen LogP contribution >= 0.6 is 0 Å². The Hall–Kier alpha value is -0.730. The fourth-order valence-electron chi connectivity index (χ4n) is 2.38. The average Bonchev–Trinajstić information content (AvgIpc) is 2.14. The van der Waals surface area contributed by atoms with Gasteiger partial charge in [-0.15, -0.1) is 0 Å². The molecule has 76 valence electrons. The van der Waals surface area contributed by atoms with Crippen molar-refractivity contribution in [3.8, 4) is 0 Å². The molecular weight excluding hydrogens is 164 g/mol. The van der Waals surface area contributed by atoms with E-state index in [4.69, 9.17) is 0 Å². The van der Waals surface area contributed by atoms with E-state index in [1.54, 1.807) is 0 Å². The maximum Gasteiger partial charge on any atom is 0.320 e. The number of carbonyl (C=O) groups excluding carboxylic acids is 1. The third kappa shape index (κ3) is 1.52. The standard InChI is InChI=1S/C10H20N2O/c1-7-8(10(2,3)4)12(6)9(13)11(7)5/h7-8H,1-6H3. The van der Waals surface area contributed by atoms with Crippen molar-refractivity contribution in [2.24, 2.45) is 5.41 Å². The number of rotatable bonds is 0. The molecule has 0 aromatic carbocycles. The second-order valence-electron chi connectivity index (χ2n) is 5.06. The van der Waals surface area contributed by atoms with E-state index in [9.17, 15) is 4.79 Å². The molecule has 2 unspecified atom stereocenters. The molecule has 0 saturated carbocycles. The van der Waals surface area contributed by atoms with Crippen molar-refractivity contribution < 1.29 is 4.79 Å². The number of urea groups is 1. The number of hydrogen-bond donors (Lipinski definition) is 0. The van der Waals surface area contributed by atoms with Crippen LogP contribution in [0.1, 0.15) is 27.7 Å². The summed E-state index contributed by atoms with van der Waals surface area (Å²) in [5.41, 5.74) is 0.147. The van der Waals surface area contributed by atoms with Gasteiger partial charge in [0.15, 0.2) is 0 Å². The van der Waals surface area contributed by atoms with Crippen LogP contribution in [0.2, 0.25) is 0 Å². The minimum Gasteiger partial charge on any atom is -0.323 e. The zero-order valence-corrected chi connectivity index (χ0v) is 9.46. The maximum atomic E-state index is 11.6. The molecular formula is C10H20N2O. The van der Waals surface area contributed by atoms with Crippen molar-refractivity contribution >= 4 is 6.03 Å². The van der Waals surface area contributed by atoms with Gasteiger partial charge in [0.05, 0.1) is 12.1 Å². The lowest BCUT2D eigenvalue weighted by Gasteiger charge is -2.34. The SMILES string of the molecule is CC1C(C(C)(C)C)N(C)C(=O)N1C. The summed E-state index contributed by atoms with van der Waals surface area (Å²) in [7, 11) is 3.76. The van der Waals surface area contributed by atoms with Crippen LogP contribution in [-0.4, -0.2) is 42.0 Å². The van der Waals surface area contributed by atoms with Gasteiger partial charge in [-0.25, -0.2) is 4.79 Å². The molecule has 3 heteroatoms. The number of nitrogens with zero attached hydrogens (tertiary/aromatic N) is 2. The quantitative estimate of drug-likeness (QED) is 0.563. The molecule has 13 heavy (non-hydrogen) atoms. The first-order valence-electron chi connectivity index (χ1n) is 4.76. The topological polar surface area (TPSA) is 23.6 Å². The van der Waals surface area contributed by atoms with Gasteiger partial charge >= 0.3 is 6.03 Å². The summed E-state index contributed by atoms with van der Waals surface area (Å²) in [5.74, 6) is 0. The molecule has 0 spiro atoms. The summed E-state index contributed by atoms with van der Waals surface area (Å²) in [6, 6.07) is 0.745. The van der Waals surface area contributed by atoms with Gasteiger partial charge in [-0.3, -0.25) is 0 Å². The van der Waals surface area contributed by atoms with Crippen molar-refractivity contribution in [1.29, 1.82) is 0 Å². The zero-order chi connectivity index (χ0) is 10.4. The highest BCUT2D eigenvalue weighted by Crippen LogP contribution is 2.33. The van der Waals surface area contributed by atoms with Gasteiger partial charge in [-0.2, -0.15) is 0 Å². The van der Waals surface area contributed by atoms with Gasteiger partial charge in [0, 0.05) is 14.1 Å². The first-order chi connectivity index (χ1) is 5.76. The molecule has 1 saturated heterocycles. The number of amides is 2. The van der Waals surface area contributed by atoms with E-state index in [1.165, 1.54) is 0 Å². The van der Waals surface area contributed by atoms with Gasteiger partial charge < -0.3 is 9.80 Å². The second-order valence-corrected chi connectivity index (χ2v) is 5.06. The highest BCUT2D eigenvalue weighted by molar-refractivity contribution is 5.77. The Morgan fingerprint density at radius 3 is 1.77 bits per heavy atom. The maximum absolute atomic E-state index is 11.6. The summed E-state index contributed by atoms with van der Waals surface area (Å²) >= 11 is 0. The summed E-state index contributed by atoms with van der Waals surface area (Å²) in [4.78, 5) is 15.3. The molecule has 1 aliphatic rings. The van der Waals surface area contributed by atoms with Crippen molar-refractivity contribution in [3.63, 3.8) is 0 Å². The molecule has 2 amide bonds. The van der Waals surface area contributed by atoms with E-state index in [2.05, 4.69) is 27.7 Å². The summed E-state index contributed by atoms with van der Waals surface area (Å²) < 4.78 is 0. The summed E-state index contributed by atoms with van der Waals surface area (Å²) in [6.45, 7) is 8.64. The van der Waals surface area contributed by atoms with Crippen LogP contribution < -0.4 is 0 Å². The first-order valence-corrected chi connectivity index (χ1v) is 4.76.